The van der Waals surface area contributed by atoms with Crippen molar-refractivity contribution < 1.29 is 4.42 Å². The minimum Gasteiger partial charge on any atom is -0.456 e. The Kier molecular flexibility index (Phi) is 12.3. The van der Waals surface area contributed by atoms with Crippen LogP contribution >= 0.6 is 0 Å². The molecule has 2 aliphatic heterocycles. The number of para-hydroxylation sites is 7. The highest BCUT2D eigenvalue weighted by Gasteiger charge is 2.47. The first-order valence-electron chi connectivity index (χ1n) is 34.7. The summed E-state index contributed by atoms with van der Waals surface area (Å²) in [6.45, 7) is 13.6. The first-order chi connectivity index (χ1) is 48.4. The van der Waals surface area contributed by atoms with Crippen molar-refractivity contribution in [2.45, 2.75) is 52.4 Å². The van der Waals surface area contributed by atoms with Crippen molar-refractivity contribution in [1.82, 2.24) is 13.7 Å². The Morgan fingerprint density at radius 1 is 0.283 bits per heavy atom. The van der Waals surface area contributed by atoms with Crippen LogP contribution in [0.4, 0.5) is 34.1 Å². The average molecular weight is 1270 g/mol. The van der Waals surface area contributed by atoms with Gasteiger partial charge in [-0.15, -0.1) is 0 Å². The maximum atomic E-state index is 7.79. The Morgan fingerprint density at radius 3 is 1.20 bits per heavy atom. The Bertz CT molecular complexity index is 6210. The lowest BCUT2D eigenvalue weighted by atomic mass is 9.33. The fourth-order valence-electron chi connectivity index (χ4n) is 16.9. The van der Waals surface area contributed by atoms with Gasteiger partial charge < -0.3 is 27.9 Å². The molecule has 6 nitrogen and oxygen atoms in total. The van der Waals surface area contributed by atoms with Crippen LogP contribution in [0.2, 0.25) is 0 Å². The number of rotatable bonds is 7. The van der Waals surface area contributed by atoms with E-state index >= 15 is 0 Å². The van der Waals surface area contributed by atoms with Crippen molar-refractivity contribution in [1.29, 1.82) is 0 Å². The lowest BCUT2D eigenvalue weighted by Crippen LogP contribution is -2.61. The van der Waals surface area contributed by atoms with Gasteiger partial charge in [0.05, 0.1) is 61.2 Å². The van der Waals surface area contributed by atoms with E-state index in [4.69, 9.17) is 4.42 Å². The lowest BCUT2D eigenvalue weighted by Gasteiger charge is -2.45. The molecule has 0 N–H and O–H groups in total. The number of anilines is 6. The molecule has 18 aromatic rings. The van der Waals surface area contributed by atoms with Crippen LogP contribution in [0, 0.1) is 0 Å². The van der Waals surface area contributed by atoms with Crippen LogP contribution in [0.25, 0.3) is 127 Å². The quantitative estimate of drug-likeness (QED) is 0.149. The fraction of sp³-hybridized carbons (Fsp3) is 0.0870. The van der Waals surface area contributed by atoms with Crippen LogP contribution in [0.1, 0.15) is 52.7 Å². The molecule has 6 heterocycles. The number of furan rings is 1. The van der Waals surface area contributed by atoms with Gasteiger partial charge in [0.1, 0.15) is 11.2 Å². The van der Waals surface area contributed by atoms with Gasteiger partial charge in [0.25, 0.3) is 6.71 Å². The largest absolute Gasteiger partial charge is 0.456 e. The summed E-state index contributed by atoms with van der Waals surface area (Å²) in [4.78, 5) is 5.26. The first kappa shape index (κ1) is 57.2. The molecule has 0 aliphatic carbocycles. The molecule has 0 saturated heterocycles. The highest BCUT2D eigenvalue weighted by atomic mass is 16.3. The summed E-state index contributed by atoms with van der Waals surface area (Å²) >= 11 is 0. The SMILES string of the molecule is CC(C)(C)c1ccc2c(c1)c1cc(C(C)(C)C)ccc1n2-c1cc2c3c(c1)N(c1ccccc1-c1ccccc1)c1cc(-n4c5ccccc5c5ccccc54)c4c(oc5ccccc54)c1B3c1ccc(-n3c4ccccc4c4ccccc43)cc1N2c1ccccc1-c1ccccc1. The molecule has 470 valence electrons. The van der Waals surface area contributed by atoms with E-state index in [0.717, 1.165) is 134 Å². The smallest absolute Gasteiger partial charge is 0.257 e. The van der Waals surface area contributed by atoms with Crippen LogP contribution in [0.3, 0.4) is 0 Å². The maximum absolute atomic E-state index is 7.79. The second-order valence-electron chi connectivity index (χ2n) is 29.2. The van der Waals surface area contributed by atoms with Crippen LogP contribution in [-0.2, 0) is 10.8 Å². The average Bonchev–Trinajstić information content (AvgIpc) is 1.62. The van der Waals surface area contributed by atoms with Crippen LogP contribution in [-0.4, -0.2) is 20.4 Å². The van der Waals surface area contributed by atoms with Crippen molar-refractivity contribution >= 4 is 145 Å². The maximum Gasteiger partial charge on any atom is 0.257 e. The zero-order chi connectivity index (χ0) is 66.2. The molecule has 7 heteroatoms. The first-order valence-corrected chi connectivity index (χ1v) is 34.7. The van der Waals surface area contributed by atoms with Gasteiger partial charge in [-0.05, 0) is 147 Å². The standard InChI is InChI=1S/C92H68BN5O/c1-91(2,3)59-45-49-79-70(51-59)71-52-60(92(4,5)6)46-50-80(71)95(79)62-54-83-88-84(55-62)98(74-39-21-14-32-64(74)58-29-11-8-12-30-58)85-56-82(96-77-42-24-17-35-67(77)68-36-18-25-43-78(68)96)87-69-37-19-26-44-86(69)99-90(87)89(85)93(88)72-48-47-61(94-75-40-22-15-33-65(75)66-34-16-23-41-76(66)94)53-81(72)97(83)73-38-20-13-31-63(73)57-27-9-7-10-28-57/h7-56H,1-6H3. The van der Waals surface area contributed by atoms with Gasteiger partial charge in [-0.2, -0.15) is 0 Å². The minimum atomic E-state index is -0.362. The second kappa shape index (κ2) is 21.2. The predicted octanol–water partition coefficient (Wildman–Crippen LogP) is 22.9. The number of benzene rings is 14. The molecule has 0 bridgehead atoms. The highest BCUT2D eigenvalue weighted by Crippen LogP contribution is 2.53. The van der Waals surface area contributed by atoms with Gasteiger partial charge in [0, 0.05) is 77.3 Å². The molecule has 20 rings (SSSR count). The van der Waals surface area contributed by atoms with Crippen molar-refractivity contribution in [2.75, 3.05) is 9.80 Å². The third kappa shape index (κ3) is 8.44. The number of hydrogen-bond acceptors (Lipinski definition) is 3. The number of hydrogen-bond donors (Lipinski definition) is 0. The van der Waals surface area contributed by atoms with Crippen molar-refractivity contribution in [3.63, 3.8) is 0 Å². The summed E-state index contributed by atoms with van der Waals surface area (Å²) in [6.07, 6.45) is 0. The predicted molar refractivity (Wildman–Crippen MR) is 419 cm³/mol. The zero-order valence-electron chi connectivity index (χ0n) is 56.1. The summed E-state index contributed by atoms with van der Waals surface area (Å²) < 4.78 is 15.4. The number of aromatic nitrogens is 3. The van der Waals surface area contributed by atoms with Gasteiger partial charge in [-0.3, -0.25) is 0 Å². The van der Waals surface area contributed by atoms with Crippen molar-refractivity contribution in [3.05, 3.63) is 314 Å². The summed E-state index contributed by atoms with van der Waals surface area (Å²) in [5.41, 5.74) is 28.6. The molecule has 14 aromatic carbocycles. The molecule has 0 unspecified atom stereocenters. The molecule has 4 aromatic heterocycles. The summed E-state index contributed by atoms with van der Waals surface area (Å²) in [5, 5.41) is 9.44. The molecule has 0 spiro atoms. The van der Waals surface area contributed by atoms with Crippen molar-refractivity contribution in [2.24, 2.45) is 0 Å². The fourth-order valence-corrected chi connectivity index (χ4v) is 16.9. The van der Waals surface area contributed by atoms with E-state index in [1.165, 1.54) is 54.4 Å². The Balaban J connectivity index is 0.997. The van der Waals surface area contributed by atoms with Gasteiger partial charge >= 0.3 is 0 Å². The van der Waals surface area contributed by atoms with Gasteiger partial charge in [-0.25, -0.2) is 0 Å². The van der Waals surface area contributed by atoms with E-state index in [0.29, 0.717) is 0 Å². The van der Waals surface area contributed by atoms with E-state index in [9.17, 15) is 0 Å². The number of fused-ring (bicyclic) bond motifs is 17. The van der Waals surface area contributed by atoms with Crippen LogP contribution in [0.5, 0.6) is 0 Å². The third-order valence-corrected chi connectivity index (χ3v) is 21.5. The van der Waals surface area contributed by atoms with Gasteiger partial charge in [-0.1, -0.05) is 248 Å². The normalized spacial score (nSPS) is 13.1. The Hall–Kier alpha value is -12.1. The van der Waals surface area contributed by atoms with Gasteiger partial charge in [0.15, 0.2) is 0 Å². The molecule has 0 saturated carbocycles. The molecule has 0 atom stereocenters. The summed E-state index contributed by atoms with van der Waals surface area (Å²) in [6, 6.07) is 114. The van der Waals surface area contributed by atoms with E-state index in [1.54, 1.807) is 0 Å². The monoisotopic (exact) mass is 1270 g/mol. The molecular weight excluding hydrogens is 1200 g/mol. The van der Waals surface area contributed by atoms with Crippen molar-refractivity contribution in [3.8, 4) is 39.3 Å². The molecule has 0 radical (unpaired) electrons. The molecule has 0 amide bonds. The third-order valence-electron chi connectivity index (χ3n) is 21.5. The molecular formula is C92H68BN5O. The second-order valence-corrected chi connectivity index (χ2v) is 29.2. The van der Waals surface area contributed by atoms with Crippen LogP contribution in [0.15, 0.2) is 308 Å². The van der Waals surface area contributed by atoms with Gasteiger partial charge in [0.2, 0.25) is 0 Å². The summed E-state index contributed by atoms with van der Waals surface area (Å²) in [5.74, 6) is 0. The van der Waals surface area contributed by atoms with E-state index in [-0.39, 0.29) is 17.5 Å². The Labute approximate surface area is 575 Å². The molecule has 2 aliphatic rings. The molecule has 0 fully saturated rings. The van der Waals surface area contributed by atoms with E-state index in [1.807, 2.05) is 0 Å². The zero-order valence-corrected chi connectivity index (χ0v) is 56.1. The van der Waals surface area contributed by atoms with E-state index in [2.05, 4.69) is 368 Å². The minimum absolute atomic E-state index is 0.0866. The Morgan fingerprint density at radius 2 is 0.687 bits per heavy atom. The lowest BCUT2D eigenvalue weighted by molar-refractivity contribution is 0.590. The number of nitrogens with zero attached hydrogens (tertiary/aromatic N) is 5. The topological polar surface area (TPSA) is 34.4 Å². The summed E-state index contributed by atoms with van der Waals surface area (Å²) in [7, 11) is 0. The molecule has 99 heavy (non-hydrogen) atoms. The highest BCUT2D eigenvalue weighted by molar-refractivity contribution is 7.01. The van der Waals surface area contributed by atoms with Crippen LogP contribution < -0.4 is 26.2 Å². The van der Waals surface area contributed by atoms with E-state index < -0.39 is 0 Å².